The molecular weight excluding hydrogens is 323 g/mol. The molecule has 1 aromatic carbocycles. The highest BCUT2D eigenvalue weighted by Crippen LogP contribution is 2.43. The second kappa shape index (κ2) is 6.70. The van der Waals surface area contributed by atoms with Crippen molar-refractivity contribution in [3.63, 3.8) is 0 Å². The Kier molecular flexibility index (Phi) is 5.19. The van der Waals surface area contributed by atoms with E-state index in [-0.39, 0.29) is 17.7 Å². The summed E-state index contributed by atoms with van der Waals surface area (Å²) in [6.45, 7) is 0. The number of carboxylic acids is 1. The molecule has 0 aromatic heterocycles. The molecule has 0 bridgehead atoms. The van der Waals surface area contributed by atoms with E-state index in [2.05, 4.69) is 15.9 Å². The second-order valence-electron chi connectivity index (χ2n) is 5.88. The topological polar surface area (TPSA) is 37.3 Å². The number of aryl methyl sites for hydroxylation is 1. The molecule has 1 aliphatic rings. The van der Waals surface area contributed by atoms with E-state index < -0.39 is 5.97 Å². The van der Waals surface area contributed by atoms with Crippen LogP contribution in [-0.2, 0) is 11.2 Å². The monoisotopic (exact) mass is 342 g/mol. The maximum absolute atomic E-state index is 13.2. The van der Waals surface area contributed by atoms with Gasteiger partial charge in [-0.05, 0) is 64.7 Å². The Morgan fingerprint density at radius 1 is 1.30 bits per heavy atom. The Hall–Kier alpha value is -0.900. The zero-order valence-electron chi connectivity index (χ0n) is 11.5. The van der Waals surface area contributed by atoms with E-state index >= 15 is 0 Å². The number of hydrogen-bond donors (Lipinski definition) is 1. The fourth-order valence-electron chi connectivity index (χ4n) is 3.24. The fourth-order valence-corrected chi connectivity index (χ4v) is 3.67. The van der Waals surface area contributed by atoms with Gasteiger partial charge in [-0.25, -0.2) is 4.39 Å². The summed E-state index contributed by atoms with van der Waals surface area (Å²) in [5.41, 5.74) is 0.999. The lowest BCUT2D eigenvalue weighted by Gasteiger charge is -2.36. The minimum Gasteiger partial charge on any atom is -0.481 e. The molecule has 1 fully saturated rings. The predicted molar refractivity (Wildman–Crippen MR) is 80.2 cm³/mol. The third-order valence-corrected chi connectivity index (χ3v) is 4.98. The van der Waals surface area contributed by atoms with Crippen LogP contribution in [-0.4, -0.2) is 11.1 Å². The van der Waals surface area contributed by atoms with Gasteiger partial charge in [0.1, 0.15) is 5.82 Å². The predicted octanol–water partition coefficient (Wildman–Crippen LogP) is 4.95. The van der Waals surface area contributed by atoms with Gasteiger partial charge >= 0.3 is 5.97 Å². The van der Waals surface area contributed by atoms with E-state index in [4.69, 9.17) is 5.11 Å². The molecule has 1 aliphatic carbocycles. The van der Waals surface area contributed by atoms with Gasteiger partial charge < -0.3 is 5.11 Å². The van der Waals surface area contributed by atoms with Crippen LogP contribution in [0.2, 0.25) is 0 Å². The van der Waals surface area contributed by atoms with Gasteiger partial charge in [-0.1, -0.05) is 25.3 Å². The van der Waals surface area contributed by atoms with E-state index in [9.17, 15) is 9.18 Å². The number of halogens is 2. The van der Waals surface area contributed by atoms with Crippen molar-refractivity contribution in [2.75, 3.05) is 0 Å². The van der Waals surface area contributed by atoms with Gasteiger partial charge in [-0.2, -0.15) is 0 Å². The lowest BCUT2D eigenvalue weighted by atomic mass is 9.68. The zero-order chi connectivity index (χ0) is 14.6. The summed E-state index contributed by atoms with van der Waals surface area (Å²) in [5, 5.41) is 9.15. The molecule has 2 rings (SSSR count). The fraction of sp³-hybridized carbons (Fsp3) is 0.562. The Morgan fingerprint density at radius 2 is 2.00 bits per heavy atom. The molecule has 0 spiro atoms. The van der Waals surface area contributed by atoms with Crippen molar-refractivity contribution in [2.24, 2.45) is 5.41 Å². The minimum absolute atomic E-state index is 0.0645. The standard InChI is InChI=1S/C16H20BrFO2/c17-13-10-12(4-5-14(13)18)6-9-16(11-15(19)20)7-2-1-3-8-16/h4-5,10H,1-3,6-9,11H2,(H,19,20). The summed E-state index contributed by atoms with van der Waals surface area (Å²) < 4.78 is 13.7. The molecule has 1 N–H and O–H groups in total. The molecule has 110 valence electrons. The Labute approximate surface area is 127 Å². The molecular formula is C16H20BrFO2. The number of carboxylic acid groups (broad SMARTS) is 1. The number of carbonyl (C=O) groups is 1. The molecule has 1 aromatic rings. The smallest absolute Gasteiger partial charge is 0.303 e. The average molecular weight is 343 g/mol. The molecule has 2 nitrogen and oxygen atoms in total. The Balaban J connectivity index is 2.04. The van der Waals surface area contributed by atoms with Crippen molar-refractivity contribution in [3.8, 4) is 0 Å². The van der Waals surface area contributed by atoms with Crippen molar-refractivity contribution < 1.29 is 14.3 Å². The van der Waals surface area contributed by atoms with Crippen LogP contribution >= 0.6 is 15.9 Å². The maximum atomic E-state index is 13.2. The molecule has 0 radical (unpaired) electrons. The highest BCUT2D eigenvalue weighted by molar-refractivity contribution is 9.10. The van der Waals surface area contributed by atoms with Crippen molar-refractivity contribution in [1.29, 1.82) is 0 Å². The molecule has 0 unspecified atom stereocenters. The first-order valence-electron chi connectivity index (χ1n) is 7.17. The lowest BCUT2D eigenvalue weighted by molar-refractivity contribution is -0.140. The van der Waals surface area contributed by atoms with E-state index in [0.717, 1.165) is 44.1 Å². The molecule has 0 heterocycles. The summed E-state index contributed by atoms with van der Waals surface area (Å²) in [5.74, 6) is -0.959. The van der Waals surface area contributed by atoms with Gasteiger partial charge in [0.25, 0.3) is 0 Å². The summed E-state index contributed by atoms with van der Waals surface area (Å²) >= 11 is 3.20. The summed E-state index contributed by atoms with van der Waals surface area (Å²) in [4.78, 5) is 11.1. The largest absolute Gasteiger partial charge is 0.481 e. The Bertz CT molecular complexity index is 481. The SMILES string of the molecule is O=C(O)CC1(CCc2ccc(F)c(Br)c2)CCCCC1. The maximum Gasteiger partial charge on any atom is 0.303 e. The van der Waals surface area contributed by atoms with Gasteiger partial charge in [0.05, 0.1) is 10.9 Å². The molecule has 1 saturated carbocycles. The van der Waals surface area contributed by atoms with Gasteiger partial charge in [0, 0.05) is 0 Å². The lowest BCUT2D eigenvalue weighted by Crippen LogP contribution is -2.28. The minimum atomic E-state index is -0.702. The van der Waals surface area contributed by atoms with Crippen molar-refractivity contribution in [2.45, 2.75) is 51.4 Å². The van der Waals surface area contributed by atoms with Gasteiger partial charge in [-0.15, -0.1) is 0 Å². The molecule has 20 heavy (non-hydrogen) atoms. The van der Waals surface area contributed by atoms with Crippen LogP contribution in [0.1, 0.15) is 50.5 Å². The summed E-state index contributed by atoms with van der Waals surface area (Å²) in [6.07, 6.45) is 7.41. The third-order valence-electron chi connectivity index (χ3n) is 4.37. The molecule has 4 heteroatoms. The van der Waals surface area contributed by atoms with E-state index in [1.807, 2.05) is 0 Å². The normalized spacial score (nSPS) is 17.9. The number of benzene rings is 1. The van der Waals surface area contributed by atoms with E-state index in [0.29, 0.717) is 4.47 Å². The number of hydrogen-bond acceptors (Lipinski definition) is 1. The molecule has 0 amide bonds. The summed E-state index contributed by atoms with van der Waals surface area (Å²) in [6, 6.07) is 5.05. The molecule has 0 atom stereocenters. The van der Waals surface area contributed by atoms with Crippen LogP contribution in [0.5, 0.6) is 0 Å². The van der Waals surface area contributed by atoms with Crippen LogP contribution < -0.4 is 0 Å². The molecule has 0 aliphatic heterocycles. The Morgan fingerprint density at radius 3 is 2.60 bits per heavy atom. The highest BCUT2D eigenvalue weighted by Gasteiger charge is 2.33. The van der Waals surface area contributed by atoms with E-state index in [1.165, 1.54) is 12.5 Å². The molecule has 0 saturated heterocycles. The van der Waals surface area contributed by atoms with Crippen LogP contribution in [0.25, 0.3) is 0 Å². The first-order valence-corrected chi connectivity index (χ1v) is 7.96. The number of rotatable bonds is 5. The van der Waals surface area contributed by atoms with Crippen LogP contribution in [0.15, 0.2) is 22.7 Å². The van der Waals surface area contributed by atoms with Crippen molar-refractivity contribution >= 4 is 21.9 Å². The van der Waals surface area contributed by atoms with E-state index in [1.54, 1.807) is 12.1 Å². The van der Waals surface area contributed by atoms with Crippen molar-refractivity contribution in [3.05, 3.63) is 34.1 Å². The first-order chi connectivity index (χ1) is 9.51. The van der Waals surface area contributed by atoms with Gasteiger partial charge in [0.2, 0.25) is 0 Å². The van der Waals surface area contributed by atoms with Gasteiger partial charge in [0.15, 0.2) is 0 Å². The highest BCUT2D eigenvalue weighted by atomic mass is 79.9. The second-order valence-corrected chi connectivity index (χ2v) is 6.73. The number of aliphatic carboxylic acids is 1. The summed E-state index contributed by atoms with van der Waals surface area (Å²) in [7, 11) is 0. The van der Waals surface area contributed by atoms with Crippen LogP contribution in [0.3, 0.4) is 0 Å². The van der Waals surface area contributed by atoms with Crippen LogP contribution in [0.4, 0.5) is 4.39 Å². The van der Waals surface area contributed by atoms with Crippen LogP contribution in [0, 0.1) is 11.2 Å². The zero-order valence-corrected chi connectivity index (χ0v) is 13.1. The van der Waals surface area contributed by atoms with Gasteiger partial charge in [-0.3, -0.25) is 4.79 Å². The third kappa shape index (κ3) is 4.05. The average Bonchev–Trinajstić information content (AvgIpc) is 2.40. The quantitative estimate of drug-likeness (QED) is 0.822. The van der Waals surface area contributed by atoms with Crippen molar-refractivity contribution in [1.82, 2.24) is 0 Å². The first kappa shape index (κ1) is 15.5.